The molecule has 0 N–H and O–H groups in total. The molecule has 2 heterocycles. The zero-order chi connectivity index (χ0) is 14.5. The SMILES string of the molecule is ClC(CN1CCN(c2ccccn2)CC1)c1ccccc1. The van der Waals surface area contributed by atoms with Gasteiger partial charge in [0.1, 0.15) is 5.82 Å². The van der Waals surface area contributed by atoms with E-state index in [0.717, 1.165) is 38.5 Å². The Labute approximate surface area is 131 Å². The molecule has 0 amide bonds. The summed E-state index contributed by atoms with van der Waals surface area (Å²) < 4.78 is 0. The number of halogens is 1. The Balaban J connectivity index is 1.52. The summed E-state index contributed by atoms with van der Waals surface area (Å²) in [7, 11) is 0. The fourth-order valence-electron chi connectivity index (χ4n) is 2.69. The number of benzene rings is 1. The summed E-state index contributed by atoms with van der Waals surface area (Å²) in [4.78, 5) is 9.19. The van der Waals surface area contributed by atoms with E-state index in [4.69, 9.17) is 11.6 Å². The lowest BCUT2D eigenvalue weighted by Gasteiger charge is -2.36. The third-order valence-electron chi connectivity index (χ3n) is 3.93. The number of anilines is 1. The van der Waals surface area contributed by atoms with Crippen LogP contribution in [-0.2, 0) is 0 Å². The first-order valence-corrected chi connectivity index (χ1v) is 7.84. The van der Waals surface area contributed by atoms with Gasteiger partial charge < -0.3 is 4.90 Å². The molecule has 0 saturated carbocycles. The number of pyridine rings is 1. The lowest BCUT2D eigenvalue weighted by Crippen LogP contribution is -2.47. The van der Waals surface area contributed by atoms with Crippen molar-refractivity contribution in [3.05, 3.63) is 60.3 Å². The van der Waals surface area contributed by atoms with Gasteiger partial charge in [-0.15, -0.1) is 11.6 Å². The first-order valence-electron chi connectivity index (χ1n) is 7.40. The van der Waals surface area contributed by atoms with Crippen LogP contribution in [0.1, 0.15) is 10.9 Å². The smallest absolute Gasteiger partial charge is 0.128 e. The van der Waals surface area contributed by atoms with Crippen LogP contribution in [-0.4, -0.2) is 42.6 Å². The van der Waals surface area contributed by atoms with Crippen molar-refractivity contribution in [2.24, 2.45) is 0 Å². The molecule has 1 aromatic carbocycles. The van der Waals surface area contributed by atoms with Crippen LogP contribution in [0.15, 0.2) is 54.7 Å². The number of aromatic nitrogens is 1. The van der Waals surface area contributed by atoms with E-state index in [1.54, 1.807) is 0 Å². The second-order valence-electron chi connectivity index (χ2n) is 5.35. The van der Waals surface area contributed by atoms with E-state index in [0.29, 0.717) is 0 Å². The summed E-state index contributed by atoms with van der Waals surface area (Å²) in [6.07, 6.45) is 1.85. The number of hydrogen-bond donors (Lipinski definition) is 0. The molecule has 1 fully saturated rings. The summed E-state index contributed by atoms with van der Waals surface area (Å²) >= 11 is 6.53. The van der Waals surface area contributed by atoms with Gasteiger partial charge in [-0.25, -0.2) is 4.98 Å². The van der Waals surface area contributed by atoms with Crippen LogP contribution < -0.4 is 4.90 Å². The third-order valence-corrected chi connectivity index (χ3v) is 4.32. The molecule has 4 heteroatoms. The lowest BCUT2D eigenvalue weighted by molar-refractivity contribution is 0.257. The van der Waals surface area contributed by atoms with Crippen molar-refractivity contribution in [1.29, 1.82) is 0 Å². The van der Waals surface area contributed by atoms with Crippen molar-refractivity contribution >= 4 is 17.4 Å². The van der Waals surface area contributed by atoms with Gasteiger partial charge in [0.05, 0.1) is 5.38 Å². The molecular weight excluding hydrogens is 282 g/mol. The summed E-state index contributed by atoms with van der Waals surface area (Å²) in [6.45, 7) is 4.99. The standard InChI is InChI=1S/C17H20ClN3/c18-16(15-6-2-1-3-7-15)14-20-10-12-21(13-11-20)17-8-4-5-9-19-17/h1-9,16H,10-14H2. The predicted octanol–water partition coefficient (Wildman–Crippen LogP) is 3.18. The molecule has 0 bridgehead atoms. The second-order valence-corrected chi connectivity index (χ2v) is 5.88. The van der Waals surface area contributed by atoms with E-state index >= 15 is 0 Å². The summed E-state index contributed by atoms with van der Waals surface area (Å²) in [5.41, 5.74) is 1.20. The second kappa shape index (κ2) is 6.92. The normalized spacial score (nSPS) is 17.7. The molecule has 0 aliphatic carbocycles. The number of alkyl halides is 1. The number of rotatable bonds is 4. The molecule has 1 saturated heterocycles. The Morgan fingerprint density at radius 2 is 1.67 bits per heavy atom. The van der Waals surface area contributed by atoms with Gasteiger partial charge in [0.15, 0.2) is 0 Å². The first-order chi connectivity index (χ1) is 10.3. The van der Waals surface area contributed by atoms with Crippen LogP contribution in [0.3, 0.4) is 0 Å². The van der Waals surface area contributed by atoms with Gasteiger partial charge in [-0.1, -0.05) is 36.4 Å². The maximum absolute atomic E-state index is 6.53. The number of nitrogens with zero attached hydrogens (tertiary/aromatic N) is 3. The highest BCUT2D eigenvalue weighted by atomic mass is 35.5. The fraction of sp³-hybridized carbons (Fsp3) is 0.353. The van der Waals surface area contributed by atoms with Crippen LogP contribution in [0.2, 0.25) is 0 Å². The molecule has 3 nitrogen and oxygen atoms in total. The summed E-state index contributed by atoms with van der Waals surface area (Å²) in [5, 5.41) is 0.0626. The van der Waals surface area contributed by atoms with Gasteiger partial charge in [0.25, 0.3) is 0 Å². The van der Waals surface area contributed by atoms with E-state index < -0.39 is 0 Å². The number of hydrogen-bond acceptors (Lipinski definition) is 3. The van der Waals surface area contributed by atoms with Gasteiger partial charge in [-0.3, -0.25) is 4.90 Å². The van der Waals surface area contributed by atoms with E-state index in [2.05, 4.69) is 33.0 Å². The summed E-state index contributed by atoms with van der Waals surface area (Å²) in [6, 6.07) is 16.4. The minimum Gasteiger partial charge on any atom is -0.354 e. The highest BCUT2D eigenvalue weighted by Crippen LogP contribution is 2.22. The highest BCUT2D eigenvalue weighted by Gasteiger charge is 2.20. The maximum atomic E-state index is 6.53. The lowest BCUT2D eigenvalue weighted by atomic mass is 10.1. The van der Waals surface area contributed by atoms with Crippen molar-refractivity contribution in [2.45, 2.75) is 5.38 Å². The zero-order valence-corrected chi connectivity index (χ0v) is 12.8. The molecule has 110 valence electrons. The summed E-state index contributed by atoms with van der Waals surface area (Å²) in [5.74, 6) is 1.07. The third kappa shape index (κ3) is 3.74. The van der Waals surface area contributed by atoms with E-state index in [-0.39, 0.29) is 5.38 Å². The maximum Gasteiger partial charge on any atom is 0.128 e. The topological polar surface area (TPSA) is 19.4 Å². The van der Waals surface area contributed by atoms with Crippen molar-refractivity contribution in [3.8, 4) is 0 Å². The Bertz CT molecular complexity index is 538. The first kappa shape index (κ1) is 14.4. The largest absolute Gasteiger partial charge is 0.354 e. The number of piperazine rings is 1. The van der Waals surface area contributed by atoms with Gasteiger partial charge >= 0.3 is 0 Å². The Kier molecular flexibility index (Phi) is 4.73. The molecule has 0 radical (unpaired) electrons. The Morgan fingerprint density at radius 3 is 2.33 bits per heavy atom. The Hall–Kier alpha value is -1.58. The van der Waals surface area contributed by atoms with E-state index in [1.165, 1.54) is 5.56 Å². The molecule has 1 aromatic heterocycles. The molecule has 2 aromatic rings. The average Bonchev–Trinajstić information content (AvgIpc) is 2.57. The molecule has 0 spiro atoms. The highest BCUT2D eigenvalue weighted by molar-refractivity contribution is 6.21. The fourth-order valence-corrected chi connectivity index (χ4v) is 3.03. The van der Waals surface area contributed by atoms with Crippen LogP contribution in [0.25, 0.3) is 0 Å². The van der Waals surface area contributed by atoms with Crippen LogP contribution >= 0.6 is 11.6 Å². The zero-order valence-electron chi connectivity index (χ0n) is 12.0. The molecule has 21 heavy (non-hydrogen) atoms. The molecular formula is C17H20ClN3. The molecule has 1 aliphatic rings. The van der Waals surface area contributed by atoms with E-state index in [9.17, 15) is 0 Å². The minimum atomic E-state index is 0.0626. The van der Waals surface area contributed by atoms with Gasteiger partial charge in [0.2, 0.25) is 0 Å². The van der Waals surface area contributed by atoms with E-state index in [1.807, 2.05) is 36.5 Å². The van der Waals surface area contributed by atoms with Crippen molar-refractivity contribution in [2.75, 3.05) is 37.6 Å². The predicted molar refractivity (Wildman–Crippen MR) is 87.9 cm³/mol. The van der Waals surface area contributed by atoms with Gasteiger partial charge in [0, 0.05) is 38.9 Å². The van der Waals surface area contributed by atoms with Gasteiger partial charge in [-0.2, -0.15) is 0 Å². The Morgan fingerprint density at radius 1 is 0.952 bits per heavy atom. The minimum absolute atomic E-state index is 0.0626. The van der Waals surface area contributed by atoms with Gasteiger partial charge in [-0.05, 0) is 17.7 Å². The molecule has 1 unspecified atom stereocenters. The quantitative estimate of drug-likeness (QED) is 0.809. The van der Waals surface area contributed by atoms with Crippen molar-refractivity contribution in [3.63, 3.8) is 0 Å². The average molecular weight is 302 g/mol. The van der Waals surface area contributed by atoms with Crippen molar-refractivity contribution in [1.82, 2.24) is 9.88 Å². The van der Waals surface area contributed by atoms with Crippen LogP contribution in [0.4, 0.5) is 5.82 Å². The van der Waals surface area contributed by atoms with Crippen molar-refractivity contribution < 1.29 is 0 Å². The van der Waals surface area contributed by atoms with Crippen LogP contribution in [0, 0.1) is 0 Å². The molecule has 3 rings (SSSR count). The van der Waals surface area contributed by atoms with Crippen LogP contribution in [0.5, 0.6) is 0 Å². The monoisotopic (exact) mass is 301 g/mol. The molecule has 1 atom stereocenters. The molecule has 1 aliphatic heterocycles.